The molecule has 1 rings (SSSR count). The zero-order valence-corrected chi connectivity index (χ0v) is 11.8. The molecule has 0 aromatic heterocycles. The number of hydrogen-bond acceptors (Lipinski definition) is 2. The van der Waals surface area contributed by atoms with Crippen LogP contribution in [0.5, 0.6) is 0 Å². The van der Waals surface area contributed by atoms with Crippen LogP contribution in [0.1, 0.15) is 44.9 Å². The minimum Gasteiger partial charge on any atom is -0.385 e. The van der Waals surface area contributed by atoms with Crippen LogP contribution in [0, 0.1) is 0 Å². The van der Waals surface area contributed by atoms with E-state index < -0.39 is 0 Å². The van der Waals surface area contributed by atoms with Crippen molar-refractivity contribution in [3.8, 4) is 0 Å². The minimum absolute atomic E-state index is 0.333. The molecule has 0 aliphatic heterocycles. The van der Waals surface area contributed by atoms with Crippen LogP contribution in [0.15, 0.2) is 0 Å². The standard InChI is InChI=1S/C14H30NO2/c1-15(2,3)11-13(16)12-17-14-9-7-5-4-6-8-10-14/h13-14,16H,4-12H2,1-3H3/q+1. The number of aliphatic hydroxyl groups is 1. The van der Waals surface area contributed by atoms with Crippen molar-refractivity contribution in [1.82, 2.24) is 0 Å². The molecular weight excluding hydrogens is 214 g/mol. The Bertz CT molecular complexity index is 193. The Morgan fingerprint density at radius 1 is 1.06 bits per heavy atom. The summed E-state index contributed by atoms with van der Waals surface area (Å²) in [6.45, 7) is 1.26. The second-order valence-corrected chi connectivity index (χ2v) is 6.43. The van der Waals surface area contributed by atoms with Crippen molar-refractivity contribution >= 4 is 0 Å². The van der Waals surface area contributed by atoms with Crippen LogP contribution < -0.4 is 0 Å². The van der Waals surface area contributed by atoms with Crippen LogP contribution >= 0.6 is 0 Å². The Morgan fingerprint density at radius 3 is 2.12 bits per heavy atom. The van der Waals surface area contributed by atoms with Gasteiger partial charge in [0.05, 0.1) is 33.9 Å². The molecule has 1 aliphatic rings. The highest BCUT2D eigenvalue weighted by molar-refractivity contribution is 4.64. The van der Waals surface area contributed by atoms with E-state index in [1.807, 2.05) is 0 Å². The lowest BCUT2D eigenvalue weighted by Crippen LogP contribution is -2.43. The molecule has 0 spiro atoms. The summed E-state index contributed by atoms with van der Waals surface area (Å²) >= 11 is 0. The van der Waals surface area contributed by atoms with Gasteiger partial charge in [0.15, 0.2) is 0 Å². The third-order valence-electron chi connectivity index (χ3n) is 3.33. The van der Waals surface area contributed by atoms with E-state index in [0.29, 0.717) is 12.7 Å². The van der Waals surface area contributed by atoms with E-state index in [9.17, 15) is 5.11 Å². The Morgan fingerprint density at radius 2 is 1.59 bits per heavy atom. The minimum atomic E-state index is -0.333. The van der Waals surface area contributed by atoms with Crippen LogP contribution in [0.25, 0.3) is 0 Å². The summed E-state index contributed by atoms with van der Waals surface area (Å²) in [6.07, 6.45) is 9.07. The average molecular weight is 244 g/mol. The predicted octanol–water partition coefficient (Wildman–Crippen LogP) is 2.18. The molecule has 1 atom stereocenters. The molecule has 1 N–H and O–H groups in total. The Kier molecular flexibility index (Phi) is 6.45. The molecule has 102 valence electrons. The number of hydrogen-bond donors (Lipinski definition) is 1. The van der Waals surface area contributed by atoms with Crippen molar-refractivity contribution in [2.24, 2.45) is 0 Å². The van der Waals surface area contributed by atoms with E-state index in [1.54, 1.807) is 0 Å². The molecule has 3 nitrogen and oxygen atoms in total. The van der Waals surface area contributed by atoms with Gasteiger partial charge in [-0.2, -0.15) is 0 Å². The molecule has 1 unspecified atom stereocenters. The molecule has 3 heteroatoms. The van der Waals surface area contributed by atoms with Crippen molar-refractivity contribution in [1.29, 1.82) is 0 Å². The van der Waals surface area contributed by atoms with Crippen LogP contribution in [0.2, 0.25) is 0 Å². The summed E-state index contributed by atoms with van der Waals surface area (Å²) in [5.74, 6) is 0. The van der Waals surface area contributed by atoms with E-state index in [2.05, 4.69) is 21.1 Å². The lowest BCUT2D eigenvalue weighted by molar-refractivity contribution is -0.873. The van der Waals surface area contributed by atoms with Gasteiger partial charge in [-0.1, -0.05) is 32.1 Å². The van der Waals surface area contributed by atoms with E-state index in [-0.39, 0.29) is 6.10 Å². The smallest absolute Gasteiger partial charge is 0.126 e. The first-order valence-corrected chi connectivity index (χ1v) is 7.07. The zero-order valence-electron chi connectivity index (χ0n) is 11.8. The topological polar surface area (TPSA) is 29.5 Å². The van der Waals surface area contributed by atoms with E-state index in [1.165, 1.54) is 44.9 Å². The number of nitrogens with zero attached hydrogens (tertiary/aromatic N) is 1. The molecular formula is C14H30NO2+. The van der Waals surface area contributed by atoms with E-state index >= 15 is 0 Å². The first-order valence-electron chi connectivity index (χ1n) is 7.07. The normalized spacial score (nSPS) is 21.9. The molecule has 17 heavy (non-hydrogen) atoms. The van der Waals surface area contributed by atoms with Crippen molar-refractivity contribution in [2.75, 3.05) is 34.3 Å². The molecule has 0 bridgehead atoms. The summed E-state index contributed by atoms with van der Waals surface area (Å²) in [7, 11) is 6.29. The summed E-state index contributed by atoms with van der Waals surface area (Å²) in [5, 5.41) is 9.90. The largest absolute Gasteiger partial charge is 0.385 e. The van der Waals surface area contributed by atoms with Crippen molar-refractivity contribution in [3.05, 3.63) is 0 Å². The van der Waals surface area contributed by atoms with Gasteiger partial charge in [-0.3, -0.25) is 0 Å². The van der Waals surface area contributed by atoms with E-state index in [0.717, 1.165) is 11.0 Å². The third kappa shape index (κ3) is 7.74. The summed E-state index contributed by atoms with van der Waals surface area (Å²) < 4.78 is 6.65. The van der Waals surface area contributed by atoms with E-state index in [4.69, 9.17) is 4.74 Å². The maximum atomic E-state index is 9.90. The quantitative estimate of drug-likeness (QED) is 0.751. The molecule has 0 saturated heterocycles. The molecule has 0 radical (unpaired) electrons. The predicted molar refractivity (Wildman–Crippen MR) is 71.0 cm³/mol. The van der Waals surface area contributed by atoms with Gasteiger partial charge >= 0.3 is 0 Å². The lowest BCUT2D eigenvalue weighted by atomic mass is 9.98. The van der Waals surface area contributed by atoms with Gasteiger partial charge in [-0.15, -0.1) is 0 Å². The highest BCUT2D eigenvalue weighted by Gasteiger charge is 2.18. The highest BCUT2D eigenvalue weighted by atomic mass is 16.5. The van der Waals surface area contributed by atoms with Crippen molar-refractivity contribution < 1.29 is 14.3 Å². The van der Waals surface area contributed by atoms with Gasteiger partial charge in [0, 0.05) is 0 Å². The number of aliphatic hydroxyl groups excluding tert-OH is 1. The van der Waals surface area contributed by atoms with Crippen LogP contribution in [0.3, 0.4) is 0 Å². The fourth-order valence-corrected chi connectivity index (χ4v) is 2.52. The van der Waals surface area contributed by atoms with Crippen LogP contribution in [0.4, 0.5) is 0 Å². The van der Waals surface area contributed by atoms with Crippen molar-refractivity contribution in [2.45, 2.75) is 57.2 Å². The van der Waals surface area contributed by atoms with Gasteiger partial charge in [0.1, 0.15) is 12.6 Å². The van der Waals surface area contributed by atoms with Crippen LogP contribution in [-0.4, -0.2) is 56.1 Å². The van der Waals surface area contributed by atoms with Gasteiger partial charge in [-0.25, -0.2) is 0 Å². The molecule has 0 amide bonds. The second-order valence-electron chi connectivity index (χ2n) is 6.43. The number of quaternary nitrogens is 1. The monoisotopic (exact) mass is 244 g/mol. The maximum Gasteiger partial charge on any atom is 0.126 e. The molecule has 1 saturated carbocycles. The number of rotatable bonds is 5. The molecule has 0 aromatic carbocycles. The van der Waals surface area contributed by atoms with Gasteiger partial charge in [0.25, 0.3) is 0 Å². The maximum absolute atomic E-state index is 9.90. The van der Waals surface area contributed by atoms with Crippen molar-refractivity contribution in [3.63, 3.8) is 0 Å². The summed E-state index contributed by atoms with van der Waals surface area (Å²) in [4.78, 5) is 0. The molecule has 0 heterocycles. The fourth-order valence-electron chi connectivity index (χ4n) is 2.52. The first-order chi connectivity index (χ1) is 7.97. The summed E-state index contributed by atoms with van der Waals surface area (Å²) in [5.41, 5.74) is 0. The third-order valence-corrected chi connectivity index (χ3v) is 3.33. The average Bonchev–Trinajstić information content (AvgIpc) is 2.13. The first kappa shape index (κ1) is 14.9. The molecule has 1 fully saturated rings. The SMILES string of the molecule is C[N+](C)(C)CC(O)COC1CCCCCCC1. The molecule has 1 aliphatic carbocycles. The second kappa shape index (κ2) is 7.34. The number of likely N-dealkylation sites (N-methyl/N-ethyl adjacent to an activating group) is 1. The Balaban J connectivity index is 2.19. The molecule has 0 aromatic rings. The fraction of sp³-hybridized carbons (Fsp3) is 1.00. The van der Waals surface area contributed by atoms with Gasteiger partial charge in [-0.05, 0) is 12.8 Å². The van der Waals surface area contributed by atoms with Gasteiger partial charge < -0.3 is 14.3 Å². The van der Waals surface area contributed by atoms with Gasteiger partial charge in [0.2, 0.25) is 0 Å². The van der Waals surface area contributed by atoms with Crippen LogP contribution in [-0.2, 0) is 4.74 Å². The Labute approximate surface area is 106 Å². The Hall–Kier alpha value is -0.120. The zero-order chi connectivity index (χ0) is 12.7. The number of ether oxygens (including phenoxy) is 1. The highest BCUT2D eigenvalue weighted by Crippen LogP contribution is 2.19. The lowest BCUT2D eigenvalue weighted by Gasteiger charge is -2.28. The summed E-state index contributed by atoms with van der Waals surface area (Å²) in [6, 6.07) is 0.